The van der Waals surface area contributed by atoms with Gasteiger partial charge in [0, 0.05) is 17.1 Å². The molecule has 3 aromatic rings. The van der Waals surface area contributed by atoms with E-state index in [0.717, 1.165) is 33.2 Å². The van der Waals surface area contributed by atoms with Crippen molar-refractivity contribution in [1.82, 2.24) is 4.98 Å². The summed E-state index contributed by atoms with van der Waals surface area (Å²) in [5, 5.41) is 1.64. The van der Waals surface area contributed by atoms with Crippen LogP contribution in [-0.2, 0) is 6.42 Å². The molecule has 1 nitrogen and oxygen atoms in total. The number of aryl methyl sites for hydroxylation is 2. The molecule has 118 valence electrons. The molecule has 0 bridgehead atoms. The summed E-state index contributed by atoms with van der Waals surface area (Å²) in [7, 11) is 0. The van der Waals surface area contributed by atoms with Crippen LogP contribution >= 0.6 is 0 Å². The lowest BCUT2D eigenvalue weighted by Gasteiger charge is -2.11. The number of rotatable bonds is 2. The van der Waals surface area contributed by atoms with E-state index in [0.29, 0.717) is 0 Å². The minimum atomic E-state index is -4.21. The Labute approximate surface area is 132 Å². The van der Waals surface area contributed by atoms with E-state index in [-0.39, 0.29) is 5.56 Å². The fourth-order valence-corrected chi connectivity index (χ4v) is 2.90. The summed E-state index contributed by atoms with van der Waals surface area (Å²) in [6.07, 6.45) is -3.45. The molecule has 4 heteroatoms. The number of aromatic nitrogens is 1. The average molecular weight is 315 g/mol. The molecule has 0 amide bonds. The highest BCUT2D eigenvalue weighted by atomic mass is 19.4. The average Bonchev–Trinajstić information content (AvgIpc) is 2.43. The molecule has 1 heterocycles. The molecule has 0 radical (unpaired) electrons. The Balaban J connectivity index is 2.18. The van der Waals surface area contributed by atoms with Crippen LogP contribution in [0.2, 0.25) is 0 Å². The summed E-state index contributed by atoms with van der Waals surface area (Å²) in [5.41, 5.74) is 4.11. The van der Waals surface area contributed by atoms with Gasteiger partial charge >= 0.3 is 6.18 Å². The molecule has 0 spiro atoms. The van der Waals surface area contributed by atoms with Gasteiger partial charge in [-0.05, 0) is 49.1 Å². The molecule has 1 aromatic heterocycles. The molecule has 0 N–H and O–H groups in total. The summed E-state index contributed by atoms with van der Waals surface area (Å²) in [6.45, 7) is 3.99. The van der Waals surface area contributed by atoms with Crippen LogP contribution in [0.5, 0.6) is 0 Å². The minimum absolute atomic E-state index is 0.253. The second-order valence-corrected chi connectivity index (χ2v) is 5.88. The zero-order valence-corrected chi connectivity index (χ0v) is 12.9. The molecule has 3 rings (SSSR count). The first-order chi connectivity index (χ1) is 10.8. The number of alkyl halides is 3. The normalized spacial score (nSPS) is 11.9. The van der Waals surface area contributed by atoms with Crippen molar-refractivity contribution in [3.05, 3.63) is 65.4 Å². The van der Waals surface area contributed by atoms with Gasteiger partial charge in [-0.15, -0.1) is 0 Å². The number of benzene rings is 2. The largest absolute Gasteiger partial charge is 0.393 e. The Bertz CT molecular complexity index is 846. The topological polar surface area (TPSA) is 12.9 Å². The SMILES string of the molecule is Cc1cc(C)cc(-c2nccc3ccc(CC(F)(F)F)cc23)c1. The Kier molecular flexibility index (Phi) is 3.84. The summed E-state index contributed by atoms with van der Waals surface area (Å²) in [5.74, 6) is 0. The van der Waals surface area contributed by atoms with Crippen LogP contribution in [0.3, 0.4) is 0 Å². The molecule has 0 aliphatic heterocycles. The van der Waals surface area contributed by atoms with Crippen LogP contribution in [0.1, 0.15) is 16.7 Å². The fraction of sp³-hybridized carbons (Fsp3) is 0.211. The van der Waals surface area contributed by atoms with E-state index < -0.39 is 12.6 Å². The molecular weight excluding hydrogens is 299 g/mol. The first-order valence-corrected chi connectivity index (χ1v) is 7.35. The van der Waals surface area contributed by atoms with Gasteiger partial charge in [-0.2, -0.15) is 13.2 Å². The monoisotopic (exact) mass is 315 g/mol. The van der Waals surface area contributed by atoms with Crippen molar-refractivity contribution in [3.63, 3.8) is 0 Å². The predicted molar refractivity (Wildman–Crippen MR) is 86.4 cm³/mol. The molecule has 0 saturated heterocycles. The van der Waals surface area contributed by atoms with E-state index in [9.17, 15) is 13.2 Å². The van der Waals surface area contributed by atoms with Gasteiger partial charge in [0.05, 0.1) is 12.1 Å². The van der Waals surface area contributed by atoms with Crippen LogP contribution in [-0.4, -0.2) is 11.2 Å². The van der Waals surface area contributed by atoms with Gasteiger partial charge in [-0.1, -0.05) is 29.3 Å². The molecule has 0 aliphatic carbocycles. The van der Waals surface area contributed by atoms with Crippen LogP contribution < -0.4 is 0 Å². The first-order valence-electron chi connectivity index (χ1n) is 7.35. The number of nitrogens with zero attached hydrogens (tertiary/aromatic N) is 1. The molecule has 0 fully saturated rings. The third kappa shape index (κ3) is 3.52. The van der Waals surface area contributed by atoms with Crippen molar-refractivity contribution in [3.8, 4) is 11.3 Å². The minimum Gasteiger partial charge on any atom is -0.256 e. The van der Waals surface area contributed by atoms with Gasteiger partial charge in [0.25, 0.3) is 0 Å². The first kappa shape index (κ1) is 15.5. The number of pyridine rings is 1. The Morgan fingerprint density at radius 2 is 1.61 bits per heavy atom. The fourth-order valence-electron chi connectivity index (χ4n) is 2.90. The van der Waals surface area contributed by atoms with Gasteiger partial charge in [0.2, 0.25) is 0 Å². The third-order valence-electron chi connectivity index (χ3n) is 3.73. The Morgan fingerprint density at radius 3 is 2.26 bits per heavy atom. The maximum Gasteiger partial charge on any atom is 0.393 e. The number of fused-ring (bicyclic) bond motifs is 1. The molecule has 23 heavy (non-hydrogen) atoms. The van der Waals surface area contributed by atoms with E-state index in [1.807, 2.05) is 32.0 Å². The highest BCUT2D eigenvalue weighted by molar-refractivity contribution is 5.95. The lowest BCUT2D eigenvalue weighted by atomic mass is 9.98. The second-order valence-electron chi connectivity index (χ2n) is 5.88. The van der Waals surface area contributed by atoms with E-state index in [1.165, 1.54) is 6.07 Å². The Hall–Kier alpha value is -2.36. The highest BCUT2D eigenvalue weighted by Crippen LogP contribution is 2.30. The van der Waals surface area contributed by atoms with Crippen LogP contribution in [0.15, 0.2) is 48.7 Å². The molecule has 0 saturated carbocycles. The van der Waals surface area contributed by atoms with Crippen LogP contribution in [0, 0.1) is 13.8 Å². The summed E-state index contributed by atoms with van der Waals surface area (Å²) >= 11 is 0. The van der Waals surface area contributed by atoms with E-state index >= 15 is 0 Å². The molecule has 0 unspecified atom stereocenters. The quantitative estimate of drug-likeness (QED) is 0.598. The summed E-state index contributed by atoms with van der Waals surface area (Å²) in [6, 6.07) is 12.7. The zero-order valence-electron chi connectivity index (χ0n) is 12.9. The van der Waals surface area contributed by atoms with Crippen molar-refractivity contribution in [1.29, 1.82) is 0 Å². The maximum absolute atomic E-state index is 12.7. The maximum atomic E-state index is 12.7. The lowest BCUT2D eigenvalue weighted by Crippen LogP contribution is -2.11. The van der Waals surface area contributed by atoms with E-state index in [1.54, 1.807) is 18.3 Å². The van der Waals surface area contributed by atoms with Crippen molar-refractivity contribution >= 4 is 10.8 Å². The highest BCUT2D eigenvalue weighted by Gasteiger charge is 2.27. The third-order valence-corrected chi connectivity index (χ3v) is 3.73. The van der Waals surface area contributed by atoms with Gasteiger partial charge in [0.1, 0.15) is 0 Å². The van der Waals surface area contributed by atoms with Gasteiger partial charge in [-0.3, -0.25) is 4.98 Å². The molecular formula is C19H16F3N. The summed E-state index contributed by atoms with van der Waals surface area (Å²) < 4.78 is 38.0. The van der Waals surface area contributed by atoms with Crippen molar-refractivity contribution < 1.29 is 13.2 Å². The lowest BCUT2D eigenvalue weighted by molar-refractivity contribution is -0.127. The molecule has 2 aromatic carbocycles. The standard InChI is InChI=1S/C19H16F3N/c1-12-7-13(2)9-16(8-12)18-17-10-14(11-19(20,21)22)3-4-15(17)5-6-23-18/h3-10H,11H2,1-2H3. The smallest absolute Gasteiger partial charge is 0.256 e. The van der Waals surface area contributed by atoms with Gasteiger partial charge in [-0.25, -0.2) is 0 Å². The van der Waals surface area contributed by atoms with Crippen LogP contribution in [0.25, 0.3) is 22.0 Å². The van der Waals surface area contributed by atoms with E-state index in [4.69, 9.17) is 0 Å². The second kappa shape index (κ2) is 5.69. The molecule has 0 atom stereocenters. The van der Waals surface area contributed by atoms with Crippen molar-refractivity contribution in [2.75, 3.05) is 0 Å². The number of hydrogen-bond donors (Lipinski definition) is 0. The molecule has 0 aliphatic rings. The van der Waals surface area contributed by atoms with Crippen LogP contribution in [0.4, 0.5) is 13.2 Å². The van der Waals surface area contributed by atoms with Crippen molar-refractivity contribution in [2.45, 2.75) is 26.4 Å². The van der Waals surface area contributed by atoms with Crippen molar-refractivity contribution in [2.24, 2.45) is 0 Å². The Morgan fingerprint density at radius 1 is 0.913 bits per heavy atom. The van der Waals surface area contributed by atoms with E-state index in [2.05, 4.69) is 11.1 Å². The van der Waals surface area contributed by atoms with Gasteiger partial charge in [0.15, 0.2) is 0 Å². The number of halogens is 3. The summed E-state index contributed by atoms with van der Waals surface area (Å²) in [4.78, 5) is 4.42. The van der Waals surface area contributed by atoms with Gasteiger partial charge < -0.3 is 0 Å². The number of hydrogen-bond acceptors (Lipinski definition) is 1. The zero-order chi connectivity index (χ0) is 16.6. The predicted octanol–water partition coefficient (Wildman–Crippen LogP) is 5.62.